The maximum Gasteiger partial charge on any atom is 0.220 e. The average Bonchev–Trinajstić information content (AvgIpc) is 2.46. The molecule has 3 saturated heterocycles. The van der Waals surface area contributed by atoms with E-state index in [0.29, 0.717) is 12.8 Å². The number of rotatable bonds is 52. The van der Waals surface area contributed by atoms with Gasteiger partial charge in [-0.1, -0.05) is 215 Å². The van der Waals surface area contributed by atoms with Gasteiger partial charge in [0.15, 0.2) is 18.9 Å². The molecule has 0 aliphatic carbocycles. The molecule has 0 radical (unpaired) electrons. The molecule has 1 amide bonds. The van der Waals surface area contributed by atoms with Gasteiger partial charge in [0, 0.05) is 6.42 Å². The highest BCUT2D eigenvalue weighted by Gasteiger charge is 2.53. The zero-order chi connectivity index (χ0) is 64.7. The Labute approximate surface area is 534 Å². The number of hydrogen-bond acceptors (Lipinski definition) is 18. The predicted molar refractivity (Wildman–Crippen MR) is 346 cm³/mol. The van der Waals surface area contributed by atoms with Crippen LogP contribution < -0.4 is 5.32 Å². The first-order valence-corrected chi connectivity index (χ1v) is 34.7. The average molecular weight is 1270 g/mol. The summed E-state index contributed by atoms with van der Waals surface area (Å²) in [6.07, 6.45) is 37.3. The molecule has 89 heavy (non-hydrogen) atoms. The SMILES string of the molecule is CCCCCCC/C=C\C/C=C\C/C=C\CCCCCCCCCCCCCCC(=O)NC(COC1OC(CO)C(OC2OC(CO)C(OC3OC(CO)C(O)C(O)C3O)C(O)C2O)C(O)C1O)C(O)/C=C/CC/C=C/CC/C=C/CCCCCCCCC. The van der Waals surface area contributed by atoms with Crippen molar-refractivity contribution in [3.8, 4) is 0 Å². The number of amides is 1. The van der Waals surface area contributed by atoms with Gasteiger partial charge in [0.1, 0.15) is 73.2 Å². The van der Waals surface area contributed by atoms with Gasteiger partial charge in [-0.25, -0.2) is 0 Å². The minimum atomic E-state index is -1.98. The third kappa shape index (κ3) is 33.8. The number of nitrogens with one attached hydrogen (secondary N) is 1. The molecule has 0 aromatic carbocycles. The quantitative estimate of drug-likeness (QED) is 0.0200. The molecule has 3 rings (SSSR count). The zero-order valence-electron chi connectivity index (χ0n) is 54.4. The number of aliphatic hydroxyl groups excluding tert-OH is 11. The molecule has 17 unspecified atom stereocenters. The van der Waals surface area contributed by atoms with Crippen LogP contribution >= 0.6 is 0 Å². The summed E-state index contributed by atoms with van der Waals surface area (Å²) < 4.78 is 34.3. The Morgan fingerprint density at radius 1 is 0.404 bits per heavy atom. The van der Waals surface area contributed by atoms with E-state index in [-0.39, 0.29) is 18.9 Å². The summed E-state index contributed by atoms with van der Waals surface area (Å²) in [7, 11) is 0. The maximum absolute atomic E-state index is 13.4. The van der Waals surface area contributed by atoms with Crippen LogP contribution in [0.2, 0.25) is 0 Å². The lowest BCUT2D eigenvalue weighted by atomic mass is 9.96. The fraction of sp³-hybridized carbons (Fsp3) is 0.814. The summed E-state index contributed by atoms with van der Waals surface area (Å²) >= 11 is 0. The lowest BCUT2D eigenvalue weighted by Crippen LogP contribution is -2.66. The summed E-state index contributed by atoms with van der Waals surface area (Å²) in [4.78, 5) is 13.4. The van der Waals surface area contributed by atoms with E-state index >= 15 is 0 Å². The van der Waals surface area contributed by atoms with Gasteiger partial charge < -0.3 is 89.9 Å². The highest BCUT2D eigenvalue weighted by atomic mass is 16.8. The van der Waals surface area contributed by atoms with E-state index in [9.17, 15) is 61.0 Å². The van der Waals surface area contributed by atoms with E-state index in [0.717, 1.165) is 70.6 Å². The summed E-state index contributed by atoms with van der Waals surface area (Å²) in [5.41, 5.74) is 0. The lowest BCUT2D eigenvalue weighted by Gasteiger charge is -2.48. The molecule has 3 aliphatic rings. The smallest absolute Gasteiger partial charge is 0.220 e. The number of allylic oxidation sites excluding steroid dienone is 11. The van der Waals surface area contributed by atoms with Crippen molar-refractivity contribution in [3.05, 3.63) is 72.9 Å². The van der Waals surface area contributed by atoms with Crippen molar-refractivity contribution in [2.45, 2.75) is 336 Å². The number of ether oxygens (including phenoxy) is 6. The fourth-order valence-corrected chi connectivity index (χ4v) is 11.3. The zero-order valence-corrected chi connectivity index (χ0v) is 54.4. The second-order valence-electron chi connectivity index (χ2n) is 24.6. The Bertz CT molecular complexity index is 1900. The van der Waals surface area contributed by atoms with Crippen LogP contribution in [0.3, 0.4) is 0 Å². The highest BCUT2D eigenvalue weighted by Crippen LogP contribution is 2.33. The van der Waals surface area contributed by atoms with Crippen LogP contribution in [-0.4, -0.2) is 193 Å². The van der Waals surface area contributed by atoms with Crippen molar-refractivity contribution in [3.63, 3.8) is 0 Å². The Hall–Kier alpha value is -2.77. The lowest BCUT2D eigenvalue weighted by molar-refractivity contribution is -0.379. The van der Waals surface area contributed by atoms with Crippen LogP contribution in [0.15, 0.2) is 72.9 Å². The van der Waals surface area contributed by atoms with Crippen molar-refractivity contribution in [2.24, 2.45) is 0 Å². The third-order valence-corrected chi connectivity index (χ3v) is 17.0. The summed E-state index contributed by atoms with van der Waals surface area (Å²) in [5.74, 6) is -0.293. The number of carbonyl (C=O) groups is 1. The van der Waals surface area contributed by atoms with E-state index in [1.165, 1.54) is 128 Å². The van der Waals surface area contributed by atoms with Crippen molar-refractivity contribution in [1.82, 2.24) is 5.32 Å². The van der Waals surface area contributed by atoms with Crippen molar-refractivity contribution in [1.29, 1.82) is 0 Å². The molecular weight excluding hydrogens is 1140 g/mol. The molecule has 3 aliphatic heterocycles. The van der Waals surface area contributed by atoms with Gasteiger partial charge >= 0.3 is 0 Å². The Morgan fingerprint density at radius 2 is 0.753 bits per heavy atom. The van der Waals surface area contributed by atoms with Crippen LogP contribution in [0.5, 0.6) is 0 Å². The molecule has 3 fully saturated rings. The van der Waals surface area contributed by atoms with E-state index in [1.807, 2.05) is 6.08 Å². The Balaban J connectivity index is 1.44. The van der Waals surface area contributed by atoms with Crippen LogP contribution in [0.4, 0.5) is 0 Å². The van der Waals surface area contributed by atoms with Gasteiger partial charge in [-0.05, 0) is 83.5 Å². The summed E-state index contributed by atoms with van der Waals surface area (Å²) in [5, 5.41) is 120. The molecular formula is C70H123NO18. The van der Waals surface area contributed by atoms with Crippen molar-refractivity contribution >= 4 is 5.91 Å². The molecule has 0 saturated carbocycles. The van der Waals surface area contributed by atoms with Gasteiger partial charge in [-0.15, -0.1) is 0 Å². The molecule has 516 valence electrons. The number of aliphatic hydroxyl groups is 11. The fourth-order valence-electron chi connectivity index (χ4n) is 11.3. The molecule has 0 aromatic heterocycles. The first-order valence-electron chi connectivity index (χ1n) is 34.7. The van der Waals surface area contributed by atoms with E-state index in [2.05, 4.69) is 79.9 Å². The Kier molecular flexibility index (Phi) is 46.7. The minimum absolute atomic E-state index is 0.227. The topological polar surface area (TPSA) is 307 Å². The van der Waals surface area contributed by atoms with Crippen LogP contribution in [-0.2, 0) is 33.2 Å². The molecule has 0 spiro atoms. The standard InChI is InChI=1S/C70H123NO18/c1-3-5-7-9-11-13-15-17-19-21-22-23-24-25-26-27-28-29-30-32-34-36-38-40-42-44-46-48-58(76)71-53(54(75)47-45-43-41-39-37-35-33-31-20-18-16-14-12-10-8-6-4-2)52-84-68-64(82)61(79)66(56(50-73)86-68)89-70-65(83)62(80)67(57(51-74)87-70)88-69-63(81)60(78)59(77)55(49-72)85-69/h15,17,20-22,24-25,31,37,39,45,47,53-57,59-70,72-75,77-83H,3-14,16,18-19,23,26-30,32-36,38,40-44,46,48-52H2,1-2H3,(H,71,76)/b17-15-,22-21-,25-24-,31-20+,39-37+,47-45+. The van der Waals surface area contributed by atoms with Gasteiger partial charge in [0.2, 0.25) is 5.91 Å². The van der Waals surface area contributed by atoms with Gasteiger partial charge in [0.25, 0.3) is 0 Å². The first kappa shape index (κ1) is 80.5. The van der Waals surface area contributed by atoms with Crippen LogP contribution in [0.1, 0.15) is 232 Å². The van der Waals surface area contributed by atoms with Crippen LogP contribution in [0.25, 0.3) is 0 Å². The second-order valence-corrected chi connectivity index (χ2v) is 24.6. The molecule has 3 heterocycles. The molecule has 19 nitrogen and oxygen atoms in total. The van der Waals surface area contributed by atoms with E-state index < -0.39 is 124 Å². The summed E-state index contributed by atoms with van der Waals surface area (Å²) in [6.45, 7) is 1.68. The minimum Gasteiger partial charge on any atom is -0.394 e. The predicted octanol–water partition coefficient (Wildman–Crippen LogP) is 8.94. The van der Waals surface area contributed by atoms with Gasteiger partial charge in [-0.2, -0.15) is 0 Å². The maximum atomic E-state index is 13.4. The largest absolute Gasteiger partial charge is 0.394 e. The summed E-state index contributed by atoms with van der Waals surface area (Å²) in [6, 6.07) is -1.00. The monoisotopic (exact) mass is 1270 g/mol. The molecule has 0 aromatic rings. The van der Waals surface area contributed by atoms with Gasteiger partial charge in [-0.3, -0.25) is 4.79 Å². The highest BCUT2D eigenvalue weighted by molar-refractivity contribution is 5.76. The second kappa shape index (κ2) is 51.6. The molecule has 19 heteroatoms. The van der Waals surface area contributed by atoms with Crippen molar-refractivity contribution in [2.75, 3.05) is 26.4 Å². The Morgan fingerprint density at radius 3 is 1.20 bits per heavy atom. The third-order valence-electron chi connectivity index (χ3n) is 17.0. The number of hydrogen-bond donors (Lipinski definition) is 12. The van der Waals surface area contributed by atoms with Crippen molar-refractivity contribution < 1.29 is 89.4 Å². The molecule has 17 atom stereocenters. The molecule has 0 bridgehead atoms. The normalized spacial score (nSPS) is 28.7. The number of carbonyl (C=O) groups excluding carboxylic acids is 1. The van der Waals surface area contributed by atoms with E-state index in [1.54, 1.807) is 6.08 Å². The number of unbranched alkanes of at least 4 members (excludes halogenated alkanes) is 26. The first-order chi connectivity index (χ1) is 43.3. The van der Waals surface area contributed by atoms with Gasteiger partial charge in [0.05, 0.1) is 38.6 Å². The van der Waals surface area contributed by atoms with Crippen LogP contribution in [0, 0.1) is 0 Å². The van der Waals surface area contributed by atoms with E-state index in [4.69, 9.17) is 28.4 Å². The molecule has 12 N–H and O–H groups in total.